The molecule has 0 atom stereocenters. The Morgan fingerprint density at radius 3 is 2.48 bits per heavy atom. The first kappa shape index (κ1) is 18.6. The van der Waals surface area contributed by atoms with Crippen LogP contribution in [0, 0.1) is 12.7 Å². The summed E-state index contributed by atoms with van der Waals surface area (Å²) < 4.78 is 15.0. The van der Waals surface area contributed by atoms with Crippen molar-refractivity contribution in [1.82, 2.24) is 20.4 Å². The molecule has 0 aliphatic heterocycles. The lowest BCUT2D eigenvalue weighted by atomic mass is 10.1. The fourth-order valence-corrected chi connectivity index (χ4v) is 2.46. The van der Waals surface area contributed by atoms with Crippen molar-refractivity contribution in [1.29, 1.82) is 0 Å². The molecule has 25 heavy (non-hydrogen) atoms. The van der Waals surface area contributed by atoms with Crippen LogP contribution in [0.4, 0.5) is 4.39 Å². The lowest BCUT2D eigenvalue weighted by molar-refractivity contribution is -0.118. The zero-order valence-electron chi connectivity index (χ0n) is 14.7. The second kappa shape index (κ2) is 8.41. The largest absolute Gasteiger partial charge is 0.356 e. The SMILES string of the molecule is CC(=O)NCCCCNC(=O)c1cc(-c2ccc(F)c(C)c2)n(C)n1. The Morgan fingerprint density at radius 2 is 1.84 bits per heavy atom. The molecule has 7 heteroatoms. The van der Waals surface area contributed by atoms with E-state index in [-0.39, 0.29) is 17.6 Å². The average Bonchev–Trinajstić information content (AvgIpc) is 2.95. The molecular formula is C18H23FN4O2. The average molecular weight is 346 g/mol. The van der Waals surface area contributed by atoms with Crippen molar-refractivity contribution in [2.75, 3.05) is 13.1 Å². The minimum atomic E-state index is -0.261. The minimum absolute atomic E-state index is 0.0546. The van der Waals surface area contributed by atoms with Crippen LogP contribution in [0.5, 0.6) is 0 Å². The number of benzene rings is 1. The number of unbranched alkanes of at least 4 members (excludes halogenated alkanes) is 1. The molecule has 2 rings (SSSR count). The molecule has 0 fully saturated rings. The van der Waals surface area contributed by atoms with Crippen molar-refractivity contribution >= 4 is 11.8 Å². The number of amides is 2. The fourth-order valence-electron chi connectivity index (χ4n) is 2.46. The molecule has 0 bridgehead atoms. The van der Waals surface area contributed by atoms with Gasteiger partial charge in [0.05, 0.1) is 5.69 Å². The highest BCUT2D eigenvalue weighted by molar-refractivity contribution is 5.93. The Balaban J connectivity index is 1.93. The molecule has 0 saturated carbocycles. The van der Waals surface area contributed by atoms with E-state index >= 15 is 0 Å². The summed E-state index contributed by atoms with van der Waals surface area (Å²) in [6.45, 7) is 4.29. The van der Waals surface area contributed by atoms with Crippen LogP contribution in [-0.4, -0.2) is 34.7 Å². The lowest BCUT2D eigenvalue weighted by Crippen LogP contribution is -2.26. The van der Waals surface area contributed by atoms with Crippen LogP contribution in [-0.2, 0) is 11.8 Å². The first-order valence-electron chi connectivity index (χ1n) is 8.21. The van der Waals surface area contributed by atoms with Gasteiger partial charge in [0.25, 0.3) is 5.91 Å². The molecule has 1 aromatic heterocycles. The molecule has 0 unspecified atom stereocenters. The molecule has 1 aromatic carbocycles. The highest BCUT2D eigenvalue weighted by Gasteiger charge is 2.14. The second-order valence-electron chi connectivity index (χ2n) is 5.95. The normalized spacial score (nSPS) is 10.6. The van der Waals surface area contributed by atoms with Crippen LogP contribution >= 0.6 is 0 Å². The quantitative estimate of drug-likeness (QED) is 0.755. The number of rotatable bonds is 7. The number of nitrogens with zero attached hydrogens (tertiary/aromatic N) is 2. The van der Waals surface area contributed by atoms with E-state index in [1.807, 2.05) is 0 Å². The summed E-state index contributed by atoms with van der Waals surface area (Å²) in [4.78, 5) is 22.9. The van der Waals surface area contributed by atoms with Crippen molar-refractivity contribution < 1.29 is 14.0 Å². The number of aromatic nitrogens is 2. The standard InChI is InChI=1S/C18H23FN4O2/c1-12-10-14(6-7-15(12)19)17-11-16(22-23(17)3)18(25)21-9-5-4-8-20-13(2)24/h6-7,10-11H,4-5,8-9H2,1-3H3,(H,20,24)(H,21,25). The third-order valence-corrected chi connectivity index (χ3v) is 3.83. The van der Waals surface area contributed by atoms with Crippen LogP contribution in [0.3, 0.4) is 0 Å². The van der Waals surface area contributed by atoms with Crippen LogP contribution < -0.4 is 10.6 Å². The van der Waals surface area contributed by atoms with Crippen molar-refractivity contribution in [2.24, 2.45) is 7.05 Å². The van der Waals surface area contributed by atoms with Crippen molar-refractivity contribution in [3.63, 3.8) is 0 Å². The Hall–Kier alpha value is -2.70. The molecule has 0 radical (unpaired) electrons. The number of aryl methyl sites for hydroxylation is 2. The van der Waals surface area contributed by atoms with Gasteiger partial charge in [0, 0.05) is 32.6 Å². The van der Waals surface area contributed by atoms with E-state index in [1.165, 1.54) is 13.0 Å². The smallest absolute Gasteiger partial charge is 0.271 e. The highest BCUT2D eigenvalue weighted by atomic mass is 19.1. The van der Waals surface area contributed by atoms with Gasteiger partial charge in [0.1, 0.15) is 5.82 Å². The van der Waals surface area contributed by atoms with Crippen molar-refractivity contribution in [2.45, 2.75) is 26.7 Å². The maximum Gasteiger partial charge on any atom is 0.271 e. The summed E-state index contributed by atoms with van der Waals surface area (Å²) in [5, 5.41) is 9.75. The molecule has 6 nitrogen and oxygen atoms in total. The maximum atomic E-state index is 13.4. The molecule has 0 aliphatic rings. The van der Waals surface area contributed by atoms with Gasteiger partial charge in [-0.3, -0.25) is 14.3 Å². The van der Waals surface area contributed by atoms with Gasteiger partial charge >= 0.3 is 0 Å². The lowest BCUT2D eigenvalue weighted by Gasteiger charge is -2.03. The minimum Gasteiger partial charge on any atom is -0.356 e. The summed E-state index contributed by atoms with van der Waals surface area (Å²) in [7, 11) is 1.75. The van der Waals surface area contributed by atoms with Gasteiger partial charge in [0.2, 0.25) is 5.91 Å². The summed E-state index contributed by atoms with van der Waals surface area (Å²) >= 11 is 0. The number of hydrogen-bond acceptors (Lipinski definition) is 3. The van der Waals surface area contributed by atoms with E-state index in [0.717, 1.165) is 24.1 Å². The number of carbonyl (C=O) groups is 2. The van der Waals surface area contributed by atoms with Gasteiger partial charge < -0.3 is 10.6 Å². The van der Waals surface area contributed by atoms with E-state index in [2.05, 4.69) is 15.7 Å². The summed E-state index contributed by atoms with van der Waals surface area (Å²) in [6.07, 6.45) is 1.56. The fraction of sp³-hybridized carbons (Fsp3) is 0.389. The molecule has 0 saturated heterocycles. The van der Waals surface area contributed by atoms with Crippen LogP contribution in [0.25, 0.3) is 11.3 Å². The van der Waals surface area contributed by atoms with Crippen molar-refractivity contribution in [3.05, 3.63) is 41.3 Å². The predicted octanol–water partition coefficient (Wildman–Crippen LogP) is 2.18. The van der Waals surface area contributed by atoms with Gasteiger partial charge in [-0.2, -0.15) is 5.10 Å². The molecule has 2 aromatic rings. The second-order valence-corrected chi connectivity index (χ2v) is 5.95. The van der Waals surface area contributed by atoms with Crippen molar-refractivity contribution in [3.8, 4) is 11.3 Å². The van der Waals surface area contributed by atoms with Gasteiger partial charge in [0.15, 0.2) is 5.69 Å². The zero-order valence-corrected chi connectivity index (χ0v) is 14.7. The van der Waals surface area contributed by atoms with Crippen LogP contribution in [0.15, 0.2) is 24.3 Å². The van der Waals surface area contributed by atoms with Gasteiger partial charge in [-0.15, -0.1) is 0 Å². The summed E-state index contributed by atoms with van der Waals surface area (Å²) in [5.74, 6) is -0.565. The summed E-state index contributed by atoms with van der Waals surface area (Å²) in [5.41, 5.74) is 2.42. The van der Waals surface area contributed by atoms with E-state index in [9.17, 15) is 14.0 Å². The zero-order chi connectivity index (χ0) is 18.4. The Morgan fingerprint density at radius 1 is 1.16 bits per heavy atom. The number of nitrogens with one attached hydrogen (secondary N) is 2. The molecule has 0 spiro atoms. The molecule has 2 amide bonds. The third kappa shape index (κ3) is 5.14. The number of carbonyl (C=O) groups excluding carboxylic acids is 2. The van der Waals surface area contributed by atoms with E-state index < -0.39 is 0 Å². The van der Waals surface area contributed by atoms with Gasteiger partial charge in [-0.05, 0) is 49.6 Å². The topological polar surface area (TPSA) is 76.0 Å². The van der Waals surface area contributed by atoms with Crippen LogP contribution in [0.1, 0.15) is 35.8 Å². The van der Waals surface area contributed by atoms with Gasteiger partial charge in [-0.25, -0.2) is 4.39 Å². The predicted molar refractivity (Wildman–Crippen MR) is 93.6 cm³/mol. The van der Waals surface area contributed by atoms with E-state index in [1.54, 1.807) is 36.9 Å². The Kier molecular flexibility index (Phi) is 6.27. The third-order valence-electron chi connectivity index (χ3n) is 3.83. The van der Waals surface area contributed by atoms with Crippen LogP contribution in [0.2, 0.25) is 0 Å². The first-order valence-corrected chi connectivity index (χ1v) is 8.21. The number of halogens is 1. The van der Waals surface area contributed by atoms with E-state index in [0.29, 0.717) is 24.3 Å². The highest BCUT2D eigenvalue weighted by Crippen LogP contribution is 2.22. The first-order chi connectivity index (χ1) is 11.9. The molecule has 0 aliphatic carbocycles. The van der Waals surface area contributed by atoms with Gasteiger partial charge in [-0.1, -0.05) is 0 Å². The summed E-state index contributed by atoms with van der Waals surface area (Å²) in [6, 6.07) is 6.50. The number of hydrogen-bond donors (Lipinski definition) is 2. The molecule has 134 valence electrons. The Bertz CT molecular complexity index is 770. The maximum absolute atomic E-state index is 13.4. The molecule has 1 heterocycles. The molecule has 2 N–H and O–H groups in total. The molecular weight excluding hydrogens is 323 g/mol. The Labute approximate surface area is 146 Å². The van der Waals surface area contributed by atoms with E-state index in [4.69, 9.17) is 0 Å². The monoisotopic (exact) mass is 346 g/mol.